The molecule has 0 amide bonds. The van der Waals surface area contributed by atoms with Crippen LogP contribution in [0.15, 0.2) is 42.6 Å². The first-order chi connectivity index (χ1) is 7.95. The number of rotatable bonds is 0. The molecule has 0 fully saturated rings. The number of nitrogens with zero attached hydrogens (tertiary/aromatic N) is 2. The molecule has 4 rings (SSSR count). The summed E-state index contributed by atoms with van der Waals surface area (Å²) in [6, 6.07) is 10.7. The Bertz CT molecular complexity index is 735. The van der Waals surface area contributed by atoms with Crippen LogP contribution in [0.1, 0.15) is 5.69 Å². The SMILES string of the molecule is C1=Cc2nccc3c4ccccc4n(c23)C1. The molecule has 0 atom stereocenters. The van der Waals surface area contributed by atoms with Crippen molar-refractivity contribution in [3.63, 3.8) is 0 Å². The van der Waals surface area contributed by atoms with E-state index in [0.717, 1.165) is 12.2 Å². The van der Waals surface area contributed by atoms with Gasteiger partial charge in [-0.05, 0) is 18.2 Å². The Morgan fingerprint density at radius 1 is 1.06 bits per heavy atom. The van der Waals surface area contributed by atoms with E-state index in [0.29, 0.717) is 0 Å². The van der Waals surface area contributed by atoms with Crippen molar-refractivity contribution < 1.29 is 0 Å². The minimum Gasteiger partial charge on any atom is -0.335 e. The minimum atomic E-state index is 0.947. The van der Waals surface area contributed by atoms with Crippen molar-refractivity contribution >= 4 is 27.9 Å². The highest BCUT2D eigenvalue weighted by Gasteiger charge is 2.14. The molecule has 3 aromatic rings. The second kappa shape index (κ2) is 2.73. The molecule has 2 heteroatoms. The molecule has 3 heterocycles. The summed E-state index contributed by atoms with van der Waals surface area (Å²) in [6.45, 7) is 0.947. The quantitative estimate of drug-likeness (QED) is 0.552. The maximum absolute atomic E-state index is 4.43. The Morgan fingerprint density at radius 2 is 2.00 bits per heavy atom. The van der Waals surface area contributed by atoms with Gasteiger partial charge < -0.3 is 4.57 Å². The van der Waals surface area contributed by atoms with E-state index >= 15 is 0 Å². The van der Waals surface area contributed by atoms with Crippen LogP contribution in [0.2, 0.25) is 0 Å². The van der Waals surface area contributed by atoms with E-state index < -0.39 is 0 Å². The lowest BCUT2D eigenvalue weighted by atomic mass is 10.1. The molecule has 0 unspecified atom stereocenters. The number of para-hydroxylation sites is 1. The first kappa shape index (κ1) is 8.11. The summed E-state index contributed by atoms with van der Waals surface area (Å²) in [7, 11) is 0. The lowest BCUT2D eigenvalue weighted by molar-refractivity contribution is 0.888. The second-order valence-electron chi connectivity index (χ2n) is 4.12. The van der Waals surface area contributed by atoms with Crippen molar-refractivity contribution in [3.05, 3.63) is 48.3 Å². The van der Waals surface area contributed by atoms with Crippen molar-refractivity contribution in [1.82, 2.24) is 9.55 Å². The average Bonchev–Trinajstić information content (AvgIpc) is 2.68. The van der Waals surface area contributed by atoms with Gasteiger partial charge in [0.15, 0.2) is 0 Å². The van der Waals surface area contributed by atoms with Crippen molar-refractivity contribution in [2.75, 3.05) is 0 Å². The number of benzene rings is 1. The Balaban J connectivity index is 2.39. The lowest BCUT2D eigenvalue weighted by Crippen LogP contribution is -2.00. The van der Waals surface area contributed by atoms with Crippen LogP contribution in [-0.4, -0.2) is 9.55 Å². The van der Waals surface area contributed by atoms with Crippen molar-refractivity contribution in [2.45, 2.75) is 6.54 Å². The van der Waals surface area contributed by atoms with Gasteiger partial charge in [0.25, 0.3) is 0 Å². The van der Waals surface area contributed by atoms with E-state index in [1.807, 2.05) is 6.20 Å². The highest BCUT2D eigenvalue weighted by molar-refractivity contribution is 6.10. The fourth-order valence-corrected chi connectivity index (χ4v) is 2.61. The summed E-state index contributed by atoms with van der Waals surface area (Å²) < 4.78 is 2.34. The first-order valence-corrected chi connectivity index (χ1v) is 5.47. The van der Waals surface area contributed by atoms with Crippen LogP contribution in [0.4, 0.5) is 0 Å². The molecule has 16 heavy (non-hydrogen) atoms. The summed E-state index contributed by atoms with van der Waals surface area (Å²) in [5, 5.41) is 2.63. The molecule has 1 aromatic carbocycles. The zero-order valence-electron chi connectivity index (χ0n) is 8.72. The van der Waals surface area contributed by atoms with E-state index in [9.17, 15) is 0 Å². The fourth-order valence-electron chi connectivity index (χ4n) is 2.61. The minimum absolute atomic E-state index is 0.947. The monoisotopic (exact) mass is 206 g/mol. The van der Waals surface area contributed by atoms with Crippen LogP contribution in [0.3, 0.4) is 0 Å². The summed E-state index contributed by atoms with van der Waals surface area (Å²) in [4.78, 5) is 4.43. The molecule has 76 valence electrons. The summed E-state index contributed by atoms with van der Waals surface area (Å²) in [5.41, 5.74) is 3.65. The average molecular weight is 206 g/mol. The normalized spacial score (nSPS) is 13.8. The number of pyridine rings is 1. The van der Waals surface area contributed by atoms with Gasteiger partial charge in [0.2, 0.25) is 0 Å². The molecule has 0 radical (unpaired) electrons. The Labute approximate surface area is 92.8 Å². The molecule has 0 saturated carbocycles. The van der Waals surface area contributed by atoms with E-state index in [1.165, 1.54) is 21.8 Å². The van der Waals surface area contributed by atoms with Gasteiger partial charge in [-0.3, -0.25) is 4.98 Å². The largest absolute Gasteiger partial charge is 0.335 e. The fraction of sp³-hybridized carbons (Fsp3) is 0.0714. The predicted molar refractivity (Wildman–Crippen MR) is 66.3 cm³/mol. The van der Waals surface area contributed by atoms with Gasteiger partial charge in [0.05, 0.1) is 11.2 Å². The molecule has 0 saturated heterocycles. The van der Waals surface area contributed by atoms with Gasteiger partial charge >= 0.3 is 0 Å². The van der Waals surface area contributed by atoms with E-state index in [-0.39, 0.29) is 0 Å². The van der Waals surface area contributed by atoms with Crippen LogP contribution >= 0.6 is 0 Å². The molecular weight excluding hydrogens is 196 g/mol. The van der Waals surface area contributed by atoms with Crippen LogP contribution in [0, 0.1) is 0 Å². The second-order valence-corrected chi connectivity index (χ2v) is 4.12. The van der Waals surface area contributed by atoms with Gasteiger partial charge in [-0.1, -0.05) is 24.3 Å². The van der Waals surface area contributed by atoms with Crippen LogP contribution in [-0.2, 0) is 6.54 Å². The Hall–Kier alpha value is -2.09. The number of aromatic nitrogens is 2. The van der Waals surface area contributed by atoms with Crippen LogP contribution in [0.25, 0.3) is 27.9 Å². The van der Waals surface area contributed by atoms with Crippen LogP contribution < -0.4 is 0 Å². The van der Waals surface area contributed by atoms with Gasteiger partial charge in [-0.15, -0.1) is 0 Å². The number of allylic oxidation sites excluding steroid dienone is 1. The van der Waals surface area contributed by atoms with E-state index in [4.69, 9.17) is 0 Å². The first-order valence-electron chi connectivity index (χ1n) is 5.47. The van der Waals surface area contributed by atoms with Crippen molar-refractivity contribution in [3.8, 4) is 0 Å². The molecular formula is C14H10N2. The maximum Gasteiger partial charge on any atom is 0.0870 e. The standard InChI is InChI=1S/C14H10N2/c1-2-6-13-10(4-1)11-7-8-15-12-5-3-9-16(13)14(11)12/h1-8H,9H2. The predicted octanol–water partition coefficient (Wildman–Crippen LogP) is 3.22. The number of hydrogen-bond donors (Lipinski definition) is 0. The number of fused-ring (bicyclic) bond motifs is 3. The molecule has 0 spiro atoms. The summed E-state index contributed by atoms with van der Waals surface area (Å²) in [5.74, 6) is 0. The molecule has 0 bridgehead atoms. The Morgan fingerprint density at radius 3 is 3.00 bits per heavy atom. The third-order valence-corrected chi connectivity index (χ3v) is 3.27. The highest BCUT2D eigenvalue weighted by atomic mass is 15.0. The van der Waals surface area contributed by atoms with E-state index in [1.54, 1.807) is 0 Å². The van der Waals surface area contributed by atoms with Gasteiger partial charge in [0, 0.05) is 29.0 Å². The molecule has 0 aliphatic carbocycles. The Kier molecular flexibility index (Phi) is 1.38. The zero-order chi connectivity index (χ0) is 10.5. The number of hydrogen-bond acceptors (Lipinski definition) is 1. The molecule has 1 aliphatic rings. The van der Waals surface area contributed by atoms with Crippen molar-refractivity contribution in [1.29, 1.82) is 0 Å². The smallest absolute Gasteiger partial charge is 0.0870 e. The summed E-state index contributed by atoms with van der Waals surface area (Å²) >= 11 is 0. The molecule has 0 N–H and O–H groups in total. The third kappa shape index (κ3) is 0.847. The molecule has 1 aliphatic heterocycles. The summed E-state index contributed by atoms with van der Waals surface area (Å²) in [6.07, 6.45) is 6.17. The van der Waals surface area contributed by atoms with Gasteiger partial charge in [0.1, 0.15) is 0 Å². The topological polar surface area (TPSA) is 17.8 Å². The lowest BCUT2D eigenvalue weighted by Gasteiger charge is -2.09. The molecule has 2 aromatic heterocycles. The zero-order valence-corrected chi connectivity index (χ0v) is 8.72. The maximum atomic E-state index is 4.43. The van der Waals surface area contributed by atoms with E-state index in [2.05, 4.69) is 52.0 Å². The van der Waals surface area contributed by atoms with Crippen LogP contribution in [0.5, 0.6) is 0 Å². The van der Waals surface area contributed by atoms with Gasteiger partial charge in [-0.25, -0.2) is 0 Å². The van der Waals surface area contributed by atoms with Crippen molar-refractivity contribution in [2.24, 2.45) is 0 Å². The highest BCUT2D eigenvalue weighted by Crippen LogP contribution is 2.32. The van der Waals surface area contributed by atoms with Gasteiger partial charge in [-0.2, -0.15) is 0 Å². The third-order valence-electron chi connectivity index (χ3n) is 3.27. The molecule has 2 nitrogen and oxygen atoms in total.